The lowest BCUT2D eigenvalue weighted by atomic mass is 9.48. The van der Waals surface area contributed by atoms with Crippen molar-refractivity contribution in [2.24, 2.45) is 23.2 Å². The number of carbonyl (C=O) groups is 1. The van der Waals surface area contributed by atoms with Gasteiger partial charge in [-0.25, -0.2) is 8.42 Å². The molecule has 0 saturated heterocycles. The normalized spacial score (nSPS) is 30.2. The average Bonchev–Trinajstić information content (AvgIpc) is 2.77. The first-order valence-corrected chi connectivity index (χ1v) is 12.7. The van der Waals surface area contributed by atoms with Gasteiger partial charge in [-0.05, 0) is 74.0 Å². The van der Waals surface area contributed by atoms with Crippen molar-refractivity contribution in [3.63, 3.8) is 0 Å². The van der Waals surface area contributed by atoms with E-state index in [2.05, 4.69) is 4.72 Å². The number of hydrogen-bond acceptors (Lipinski definition) is 3. The lowest BCUT2D eigenvalue weighted by Crippen LogP contribution is -2.57. The van der Waals surface area contributed by atoms with Gasteiger partial charge in [0.05, 0.1) is 4.90 Å². The molecule has 1 atom stereocenters. The smallest absolute Gasteiger partial charge is 0.292 e. The van der Waals surface area contributed by atoms with Crippen molar-refractivity contribution in [3.8, 4) is 0 Å². The molecule has 1 unspecified atom stereocenters. The molecule has 1 N–H and O–H groups in total. The van der Waals surface area contributed by atoms with Gasteiger partial charge in [-0.1, -0.05) is 48.5 Å². The van der Waals surface area contributed by atoms with Crippen molar-refractivity contribution in [3.05, 3.63) is 66.2 Å². The Morgan fingerprint density at radius 1 is 0.875 bits per heavy atom. The predicted molar refractivity (Wildman–Crippen MR) is 117 cm³/mol. The Morgan fingerprint density at radius 2 is 1.34 bits per heavy atom. The molecule has 0 heterocycles. The molecule has 0 amide bonds. The minimum absolute atomic E-state index is 0.0788. The number of sulfonamides is 1. The Morgan fingerprint density at radius 3 is 1.84 bits per heavy atom. The first kappa shape index (κ1) is 21.7. The third kappa shape index (κ3) is 3.69. The maximum absolute atomic E-state index is 16.0. The van der Waals surface area contributed by atoms with E-state index in [9.17, 15) is 13.2 Å². The van der Waals surface area contributed by atoms with Gasteiger partial charge in [-0.3, -0.25) is 4.79 Å². The van der Waals surface area contributed by atoms with E-state index in [1.165, 1.54) is 36.4 Å². The van der Waals surface area contributed by atoms with Crippen LogP contribution in [0.5, 0.6) is 0 Å². The summed E-state index contributed by atoms with van der Waals surface area (Å²) in [6, 6.07) is 13.2. The monoisotopic (exact) mass is 459 g/mol. The van der Waals surface area contributed by atoms with Gasteiger partial charge in [0.25, 0.3) is 0 Å². The Labute approximate surface area is 187 Å². The zero-order chi connectivity index (χ0) is 22.6. The minimum Gasteiger partial charge on any atom is -0.292 e. The molecule has 4 bridgehead atoms. The number of hydrogen-bond donors (Lipinski definition) is 1. The molecule has 7 heteroatoms. The molecule has 170 valence electrons. The molecule has 32 heavy (non-hydrogen) atoms. The van der Waals surface area contributed by atoms with Gasteiger partial charge >= 0.3 is 5.92 Å². The van der Waals surface area contributed by atoms with Crippen LogP contribution in [0.1, 0.15) is 50.1 Å². The number of benzene rings is 2. The van der Waals surface area contributed by atoms with Crippen molar-refractivity contribution in [1.82, 2.24) is 4.72 Å². The van der Waals surface area contributed by atoms with Crippen molar-refractivity contribution in [2.75, 3.05) is 0 Å². The lowest BCUT2D eigenvalue weighted by Gasteiger charge is -2.56. The zero-order valence-corrected chi connectivity index (χ0v) is 18.5. The third-order valence-corrected chi connectivity index (χ3v) is 9.08. The Balaban J connectivity index is 1.52. The molecule has 6 rings (SSSR count). The summed E-state index contributed by atoms with van der Waals surface area (Å²) in [6.45, 7) is 0. The molecule has 0 radical (unpaired) electrons. The number of alkyl halides is 2. The molecule has 0 aromatic heterocycles. The second-order valence-corrected chi connectivity index (χ2v) is 11.6. The Kier molecular flexibility index (Phi) is 5.25. The van der Waals surface area contributed by atoms with Crippen molar-refractivity contribution < 1.29 is 22.0 Å². The van der Waals surface area contributed by atoms with E-state index in [0.717, 1.165) is 19.3 Å². The summed E-state index contributed by atoms with van der Waals surface area (Å²) in [5, 5.41) is 0. The molecule has 0 aliphatic heterocycles. The van der Waals surface area contributed by atoms with Crippen LogP contribution in [0.4, 0.5) is 8.78 Å². The van der Waals surface area contributed by atoms with Crippen LogP contribution in [0.3, 0.4) is 0 Å². The van der Waals surface area contributed by atoms with Crippen LogP contribution >= 0.6 is 0 Å². The highest BCUT2D eigenvalue weighted by Gasteiger charge is 2.62. The second-order valence-electron chi connectivity index (χ2n) is 9.93. The quantitative estimate of drug-likeness (QED) is 0.625. The molecule has 4 fully saturated rings. The molecular weight excluding hydrogens is 432 g/mol. The van der Waals surface area contributed by atoms with E-state index in [1.54, 1.807) is 24.3 Å². The largest absolute Gasteiger partial charge is 0.325 e. The minimum atomic E-state index is -4.26. The van der Waals surface area contributed by atoms with Crippen molar-refractivity contribution >= 4 is 15.8 Å². The van der Waals surface area contributed by atoms with Gasteiger partial charge in [0.2, 0.25) is 15.8 Å². The average molecular weight is 460 g/mol. The van der Waals surface area contributed by atoms with Crippen LogP contribution in [0.25, 0.3) is 0 Å². The molecule has 2 aromatic carbocycles. The fourth-order valence-electron chi connectivity index (χ4n) is 6.69. The van der Waals surface area contributed by atoms with Gasteiger partial charge < -0.3 is 0 Å². The van der Waals surface area contributed by atoms with E-state index < -0.39 is 33.2 Å². The summed E-state index contributed by atoms with van der Waals surface area (Å²) in [5.41, 5.74) is -0.959. The number of Topliss-reactive ketones (excluding diaryl/α,β-unsaturated/α-hetero) is 1. The van der Waals surface area contributed by atoms with E-state index in [4.69, 9.17) is 0 Å². The summed E-state index contributed by atoms with van der Waals surface area (Å²) in [4.78, 5) is 13.5. The molecule has 4 nitrogen and oxygen atoms in total. The van der Waals surface area contributed by atoms with Gasteiger partial charge in [-0.2, -0.15) is 13.5 Å². The van der Waals surface area contributed by atoms with Crippen LogP contribution in [-0.2, 0) is 14.8 Å². The van der Waals surface area contributed by atoms with Crippen molar-refractivity contribution in [1.29, 1.82) is 0 Å². The predicted octanol–water partition coefficient (Wildman–Crippen LogP) is 5.13. The Bertz CT molecular complexity index is 1070. The molecular formula is C25H27F2NO3S. The maximum Gasteiger partial charge on any atom is 0.325 e. The van der Waals surface area contributed by atoms with E-state index in [1.807, 2.05) is 0 Å². The van der Waals surface area contributed by atoms with E-state index in [-0.39, 0.29) is 10.5 Å². The molecule has 4 saturated carbocycles. The van der Waals surface area contributed by atoms with Crippen LogP contribution in [-0.4, -0.2) is 20.1 Å². The lowest BCUT2D eigenvalue weighted by molar-refractivity contribution is -0.172. The van der Waals surface area contributed by atoms with E-state index >= 15 is 8.78 Å². The van der Waals surface area contributed by atoms with Gasteiger partial charge in [0, 0.05) is 5.41 Å². The first-order chi connectivity index (χ1) is 15.2. The van der Waals surface area contributed by atoms with Crippen LogP contribution in [0.15, 0.2) is 65.6 Å². The number of rotatable bonds is 7. The highest BCUT2D eigenvalue weighted by Crippen LogP contribution is 2.62. The molecule has 2 aromatic rings. The maximum atomic E-state index is 16.0. The summed E-state index contributed by atoms with van der Waals surface area (Å²) in [6.07, 6.45) is 4.59. The topological polar surface area (TPSA) is 63.2 Å². The fraction of sp³-hybridized carbons (Fsp3) is 0.480. The molecule has 0 spiro atoms. The van der Waals surface area contributed by atoms with Gasteiger partial charge in [0.15, 0.2) is 0 Å². The van der Waals surface area contributed by atoms with Crippen LogP contribution < -0.4 is 4.72 Å². The number of ketones is 1. The third-order valence-electron chi connectivity index (χ3n) is 7.64. The zero-order valence-electron chi connectivity index (χ0n) is 17.7. The highest BCUT2D eigenvalue weighted by atomic mass is 32.2. The first-order valence-electron chi connectivity index (χ1n) is 11.2. The van der Waals surface area contributed by atoms with Crippen molar-refractivity contribution in [2.45, 2.75) is 55.4 Å². The Hall–Kier alpha value is -2.12. The van der Waals surface area contributed by atoms with Gasteiger partial charge in [0.1, 0.15) is 6.04 Å². The fourth-order valence-corrected chi connectivity index (χ4v) is 7.94. The number of halogens is 2. The molecule has 4 aliphatic rings. The summed E-state index contributed by atoms with van der Waals surface area (Å²) >= 11 is 0. The summed E-state index contributed by atoms with van der Waals surface area (Å²) in [7, 11) is -4.26. The number of nitrogens with one attached hydrogen (secondary N) is 1. The second kappa shape index (κ2) is 7.73. The number of carbonyl (C=O) groups excluding carboxylic acids is 1. The van der Waals surface area contributed by atoms with Crippen LogP contribution in [0.2, 0.25) is 0 Å². The highest BCUT2D eigenvalue weighted by molar-refractivity contribution is 7.89. The summed E-state index contributed by atoms with van der Waals surface area (Å²) in [5.74, 6) is -3.96. The SMILES string of the molecule is O=C(C12CC3CC(CC(C3)C1)C2)C(F)(F)C(NS(=O)(=O)c1ccccc1)c1ccccc1. The van der Waals surface area contributed by atoms with Crippen LogP contribution in [0, 0.1) is 23.2 Å². The van der Waals surface area contributed by atoms with E-state index in [0.29, 0.717) is 37.0 Å². The summed E-state index contributed by atoms with van der Waals surface area (Å²) < 4.78 is 60.2. The molecule has 4 aliphatic carbocycles. The van der Waals surface area contributed by atoms with Gasteiger partial charge in [-0.15, -0.1) is 0 Å². The standard InChI is InChI=1S/C25H27F2NO3S/c26-25(27,23(29)24-14-17-11-18(15-24)13-19(12-17)16-24)22(20-7-3-1-4-8-20)28-32(30,31)21-9-5-2-6-10-21/h1-10,17-19,22,28H,11-16H2.